The van der Waals surface area contributed by atoms with Crippen LogP contribution < -0.4 is 10.6 Å². The number of likely N-dealkylation sites (tertiary alicyclic amines) is 1. The van der Waals surface area contributed by atoms with Gasteiger partial charge < -0.3 is 10.4 Å². The first-order valence-electron chi connectivity index (χ1n) is 9.60. The predicted molar refractivity (Wildman–Crippen MR) is 104 cm³/mol. The average Bonchev–Trinajstić information content (AvgIpc) is 3.24. The van der Waals surface area contributed by atoms with Crippen molar-refractivity contribution in [3.8, 4) is 0 Å². The van der Waals surface area contributed by atoms with E-state index in [1.54, 1.807) is 26.0 Å². The fourth-order valence-corrected chi connectivity index (χ4v) is 5.13. The molecule has 3 aliphatic heterocycles. The normalized spacial score (nSPS) is 33.3. The molecule has 4 rings (SSSR count). The van der Waals surface area contributed by atoms with Gasteiger partial charge in [-0.2, -0.15) is 0 Å². The Labute approximate surface area is 168 Å². The zero-order valence-electron chi connectivity index (χ0n) is 16.2. The van der Waals surface area contributed by atoms with Crippen molar-refractivity contribution in [2.75, 3.05) is 5.32 Å². The molecule has 150 valence electrons. The number of fused-ring (bicyclic) bond motifs is 4. The lowest BCUT2D eigenvalue weighted by molar-refractivity contribution is -0.145. The molecule has 2 fully saturated rings. The summed E-state index contributed by atoms with van der Waals surface area (Å²) >= 11 is 6.22. The van der Waals surface area contributed by atoms with Crippen LogP contribution in [0, 0.1) is 18.8 Å². The van der Waals surface area contributed by atoms with E-state index in [0.29, 0.717) is 28.3 Å². The van der Waals surface area contributed by atoms with Crippen LogP contribution in [0.25, 0.3) is 0 Å². The number of nitrogens with zero attached hydrogens (tertiary/aromatic N) is 1. The molecular weight excluding hydrogens is 382 g/mol. The van der Waals surface area contributed by atoms with E-state index < -0.39 is 35.4 Å². The van der Waals surface area contributed by atoms with E-state index in [2.05, 4.69) is 10.6 Å². The Morgan fingerprint density at radius 3 is 2.54 bits per heavy atom. The van der Waals surface area contributed by atoms with Crippen molar-refractivity contribution in [2.45, 2.75) is 57.8 Å². The fourth-order valence-electron chi connectivity index (χ4n) is 4.97. The molecule has 0 aliphatic carbocycles. The summed E-state index contributed by atoms with van der Waals surface area (Å²) in [6.07, 6.45) is -0.292. The van der Waals surface area contributed by atoms with Gasteiger partial charge in [0, 0.05) is 22.7 Å². The molecule has 3 heterocycles. The summed E-state index contributed by atoms with van der Waals surface area (Å²) in [5.41, 5.74) is 0.479. The highest BCUT2D eigenvalue weighted by Crippen LogP contribution is 2.54. The second kappa shape index (κ2) is 6.27. The van der Waals surface area contributed by atoms with Gasteiger partial charge >= 0.3 is 0 Å². The Kier molecular flexibility index (Phi) is 4.34. The van der Waals surface area contributed by atoms with Gasteiger partial charge in [0.05, 0.1) is 23.6 Å². The van der Waals surface area contributed by atoms with E-state index in [4.69, 9.17) is 11.6 Å². The molecule has 0 radical (unpaired) electrons. The Morgan fingerprint density at radius 2 is 1.93 bits per heavy atom. The molecule has 0 bridgehead atoms. The lowest BCUT2D eigenvalue weighted by Crippen LogP contribution is -2.55. The summed E-state index contributed by atoms with van der Waals surface area (Å²) in [5.74, 6) is -2.79. The molecule has 1 spiro atoms. The van der Waals surface area contributed by atoms with Gasteiger partial charge in [0.1, 0.15) is 5.54 Å². The number of carbonyl (C=O) groups is 3. The first-order valence-corrected chi connectivity index (χ1v) is 9.98. The van der Waals surface area contributed by atoms with Gasteiger partial charge in [0.15, 0.2) is 0 Å². The van der Waals surface area contributed by atoms with E-state index in [1.165, 1.54) is 4.90 Å². The van der Waals surface area contributed by atoms with Crippen LogP contribution in [0.5, 0.6) is 0 Å². The minimum Gasteiger partial charge on any atom is -0.392 e. The third kappa shape index (κ3) is 2.21. The summed E-state index contributed by atoms with van der Waals surface area (Å²) in [6, 6.07) is 2.44. The number of amides is 3. The highest BCUT2D eigenvalue weighted by atomic mass is 35.5. The van der Waals surface area contributed by atoms with Crippen molar-refractivity contribution in [2.24, 2.45) is 11.8 Å². The van der Waals surface area contributed by atoms with Gasteiger partial charge in [-0.1, -0.05) is 24.6 Å². The topological polar surface area (TPSA) is 98.7 Å². The molecule has 1 aromatic carbocycles. The summed E-state index contributed by atoms with van der Waals surface area (Å²) in [5, 5.41) is 16.9. The highest BCUT2D eigenvalue weighted by Gasteiger charge is 2.71. The van der Waals surface area contributed by atoms with E-state index in [-0.39, 0.29) is 17.9 Å². The van der Waals surface area contributed by atoms with Crippen molar-refractivity contribution < 1.29 is 19.5 Å². The van der Waals surface area contributed by atoms with E-state index in [1.807, 2.05) is 13.8 Å². The van der Waals surface area contributed by atoms with Crippen LogP contribution in [0.4, 0.5) is 5.69 Å². The Morgan fingerprint density at radius 1 is 1.25 bits per heavy atom. The van der Waals surface area contributed by atoms with Gasteiger partial charge in [0.2, 0.25) is 17.7 Å². The molecule has 2 saturated heterocycles. The first kappa shape index (κ1) is 19.4. The second-order valence-electron chi connectivity index (χ2n) is 8.08. The van der Waals surface area contributed by atoms with Gasteiger partial charge in [0.25, 0.3) is 0 Å². The number of aliphatic hydroxyl groups excluding tert-OH is 1. The van der Waals surface area contributed by atoms with Crippen LogP contribution >= 0.6 is 11.6 Å². The summed E-state index contributed by atoms with van der Waals surface area (Å²) < 4.78 is 0. The average molecular weight is 406 g/mol. The number of benzene rings is 1. The first-order chi connectivity index (χ1) is 13.2. The standard InChI is InChI=1S/C20H24ClN3O4/c1-5-8(2)24-17(26)13-14(18(24)27)20(23-16(13)10(4)25)11-6-7-12(21)9(3)15(11)22-19(20)28/h6-8,10,13-14,16,23,25H,5H2,1-4H3,(H,22,28)/t8?,10?,13-,14-,16?,20?/m0/s1. The number of hydrogen-bond acceptors (Lipinski definition) is 5. The molecule has 4 unspecified atom stereocenters. The maximum absolute atomic E-state index is 13.4. The highest BCUT2D eigenvalue weighted by molar-refractivity contribution is 6.32. The van der Waals surface area contributed by atoms with E-state index >= 15 is 0 Å². The van der Waals surface area contributed by atoms with Crippen LogP contribution in [0.1, 0.15) is 38.3 Å². The second-order valence-corrected chi connectivity index (χ2v) is 8.48. The summed E-state index contributed by atoms with van der Waals surface area (Å²) in [6.45, 7) is 7.09. The van der Waals surface area contributed by atoms with Crippen molar-refractivity contribution in [1.82, 2.24) is 10.2 Å². The minimum absolute atomic E-state index is 0.270. The van der Waals surface area contributed by atoms with Crippen LogP contribution in [-0.4, -0.2) is 45.9 Å². The van der Waals surface area contributed by atoms with Crippen LogP contribution in [0.3, 0.4) is 0 Å². The molecule has 1 aromatic rings. The molecule has 3 aliphatic rings. The minimum atomic E-state index is -1.40. The summed E-state index contributed by atoms with van der Waals surface area (Å²) in [7, 11) is 0. The molecule has 3 N–H and O–H groups in total. The van der Waals surface area contributed by atoms with Gasteiger partial charge in [-0.25, -0.2) is 0 Å². The maximum Gasteiger partial charge on any atom is 0.250 e. The van der Waals surface area contributed by atoms with Crippen LogP contribution in [0.2, 0.25) is 5.02 Å². The molecule has 0 aromatic heterocycles. The van der Waals surface area contributed by atoms with Gasteiger partial charge in [-0.3, -0.25) is 24.6 Å². The lowest BCUT2D eigenvalue weighted by atomic mass is 9.76. The Balaban J connectivity index is 1.93. The van der Waals surface area contributed by atoms with Crippen molar-refractivity contribution in [1.29, 1.82) is 0 Å². The quantitative estimate of drug-likeness (QED) is 0.663. The molecule has 7 nitrogen and oxygen atoms in total. The largest absolute Gasteiger partial charge is 0.392 e. The van der Waals surface area contributed by atoms with Crippen LogP contribution in [0.15, 0.2) is 12.1 Å². The fraction of sp³-hybridized carbons (Fsp3) is 0.550. The number of rotatable bonds is 3. The third-order valence-electron chi connectivity index (χ3n) is 6.60. The zero-order valence-corrected chi connectivity index (χ0v) is 17.0. The van der Waals surface area contributed by atoms with Crippen molar-refractivity contribution in [3.05, 3.63) is 28.3 Å². The molecule has 3 amide bonds. The monoisotopic (exact) mass is 405 g/mol. The molecule has 28 heavy (non-hydrogen) atoms. The van der Waals surface area contributed by atoms with E-state index in [0.717, 1.165) is 0 Å². The van der Waals surface area contributed by atoms with E-state index in [9.17, 15) is 19.5 Å². The number of aliphatic hydroxyl groups is 1. The lowest BCUT2D eigenvalue weighted by Gasteiger charge is -2.31. The molecule has 0 saturated carbocycles. The number of nitrogens with one attached hydrogen (secondary N) is 2. The third-order valence-corrected chi connectivity index (χ3v) is 7.01. The van der Waals surface area contributed by atoms with Gasteiger partial charge in [-0.15, -0.1) is 0 Å². The van der Waals surface area contributed by atoms with Gasteiger partial charge in [-0.05, 0) is 38.8 Å². The predicted octanol–water partition coefficient (Wildman–Crippen LogP) is 1.55. The molecule has 8 heteroatoms. The Bertz CT molecular complexity index is 902. The number of halogens is 1. The number of imide groups is 1. The number of hydrogen-bond donors (Lipinski definition) is 3. The number of anilines is 1. The van der Waals surface area contributed by atoms with Crippen molar-refractivity contribution in [3.63, 3.8) is 0 Å². The molecule has 6 atom stereocenters. The van der Waals surface area contributed by atoms with Crippen molar-refractivity contribution >= 4 is 35.0 Å². The SMILES string of the molecule is CCC(C)N1C(=O)[C@@H]2C(C(C)O)NC3(C(=O)Nc4c3ccc(Cl)c4C)[C@@H]2C1=O. The smallest absolute Gasteiger partial charge is 0.250 e. The Hall–Kier alpha value is -1.96. The summed E-state index contributed by atoms with van der Waals surface area (Å²) in [4.78, 5) is 41.1. The zero-order chi connectivity index (χ0) is 20.5. The van der Waals surface area contributed by atoms with Crippen LogP contribution in [-0.2, 0) is 19.9 Å². The number of carbonyl (C=O) groups excluding carboxylic acids is 3. The maximum atomic E-state index is 13.4. The molecular formula is C20H24ClN3O4.